The third-order valence-electron chi connectivity index (χ3n) is 1.94. The van der Waals surface area contributed by atoms with E-state index in [2.05, 4.69) is 25.5 Å². The number of hydrogen-bond acceptors (Lipinski definition) is 5. The number of H-pyrrole nitrogens is 1. The molecule has 2 heterocycles. The third-order valence-corrected chi connectivity index (χ3v) is 2.14. The molecule has 2 rings (SSSR count). The van der Waals surface area contributed by atoms with Crippen LogP contribution >= 0.6 is 11.6 Å². The lowest BCUT2D eigenvalue weighted by Gasteiger charge is -2.01. The number of imidazole rings is 1. The largest absolute Gasteiger partial charge is 0.477 e. The van der Waals surface area contributed by atoms with Gasteiger partial charge in [-0.05, 0) is 12.1 Å². The summed E-state index contributed by atoms with van der Waals surface area (Å²) in [5.74, 6) is -1.84. The number of hydrogen-bond donors (Lipinski definition) is 3. The van der Waals surface area contributed by atoms with Gasteiger partial charge in [-0.15, -0.1) is 10.2 Å². The van der Waals surface area contributed by atoms with Gasteiger partial charge in [0.1, 0.15) is 0 Å². The quantitative estimate of drug-likeness (QED) is 0.756. The van der Waals surface area contributed by atoms with Crippen LogP contribution in [0.5, 0.6) is 0 Å². The van der Waals surface area contributed by atoms with Crippen LogP contribution in [0.15, 0.2) is 18.5 Å². The molecule has 0 aromatic carbocycles. The first-order valence-electron chi connectivity index (χ1n) is 4.65. The van der Waals surface area contributed by atoms with E-state index in [0.717, 1.165) is 6.33 Å². The van der Waals surface area contributed by atoms with E-state index >= 15 is 0 Å². The molecule has 2 aromatic rings. The zero-order valence-corrected chi connectivity index (χ0v) is 9.47. The smallest absolute Gasteiger partial charge is 0.354 e. The Bertz CT molecular complexity index is 595. The average molecular weight is 268 g/mol. The molecule has 0 saturated heterocycles. The number of nitrogens with one attached hydrogen (secondary N) is 2. The van der Waals surface area contributed by atoms with E-state index in [1.54, 1.807) is 0 Å². The van der Waals surface area contributed by atoms with Gasteiger partial charge in [0.05, 0.1) is 6.33 Å². The summed E-state index contributed by atoms with van der Waals surface area (Å²) in [6.45, 7) is 0. The first kappa shape index (κ1) is 12.0. The maximum atomic E-state index is 11.7. The summed E-state index contributed by atoms with van der Waals surface area (Å²) in [6.07, 6.45) is 1.12. The van der Waals surface area contributed by atoms with Crippen molar-refractivity contribution in [2.75, 3.05) is 5.32 Å². The second-order valence-corrected chi connectivity index (χ2v) is 3.51. The molecule has 0 aliphatic rings. The number of nitrogens with zero attached hydrogens (tertiary/aromatic N) is 3. The van der Waals surface area contributed by atoms with Crippen molar-refractivity contribution in [3.8, 4) is 0 Å². The zero-order chi connectivity index (χ0) is 13.1. The molecule has 0 aliphatic heterocycles. The standard InChI is InChI=1S/C9H6ClN5O3/c10-4-1-2-5(15-14-4)13-8(16)6-7(9(17)18)12-3-11-6/h1-3H,(H,11,12)(H,17,18)(H,13,15,16). The summed E-state index contributed by atoms with van der Waals surface area (Å²) in [6, 6.07) is 2.87. The number of carboxylic acid groups (broad SMARTS) is 1. The number of aromatic nitrogens is 4. The molecule has 0 radical (unpaired) electrons. The van der Waals surface area contributed by atoms with Gasteiger partial charge in [-0.2, -0.15) is 0 Å². The van der Waals surface area contributed by atoms with Crippen LogP contribution in [0.4, 0.5) is 5.82 Å². The van der Waals surface area contributed by atoms with Crippen LogP contribution in [-0.4, -0.2) is 37.1 Å². The lowest BCUT2D eigenvalue weighted by molar-refractivity contribution is 0.0686. The van der Waals surface area contributed by atoms with E-state index in [0.29, 0.717) is 0 Å². The number of aromatic amines is 1. The highest BCUT2D eigenvalue weighted by Gasteiger charge is 2.19. The molecule has 0 saturated carbocycles. The predicted octanol–water partition coefficient (Wildman–Crippen LogP) is 0.804. The van der Waals surface area contributed by atoms with Crippen molar-refractivity contribution in [3.05, 3.63) is 35.0 Å². The Balaban J connectivity index is 2.19. The molecular weight excluding hydrogens is 262 g/mol. The van der Waals surface area contributed by atoms with Gasteiger partial charge in [0.25, 0.3) is 5.91 Å². The molecule has 9 heteroatoms. The van der Waals surface area contributed by atoms with E-state index in [-0.39, 0.29) is 22.4 Å². The number of aromatic carboxylic acids is 1. The van der Waals surface area contributed by atoms with E-state index < -0.39 is 11.9 Å². The number of halogens is 1. The number of carboxylic acids is 1. The summed E-state index contributed by atoms with van der Waals surface area (Å²) in [5.41, 5.74) is -0.534. The summed E-state index contributed by atoms with van der Waals surface area (Å²) < 4.78 is 0. The number of anilines is 1. The molecule has 0 fully saturated rings. The van der Waals surface area contributed by atoms with Gasteiger partial charge in [0, 0.05) is 0 Å². The van der Waals surface area contributed by atoms with Crippen molar-refractivity contribution in [1.29, 1.82) is 0 Å². The molecule has 2 aromatic heterocycles. The average Bonchev–Trinajstić information content (AvgIpc) is 2.81. The Hall–Kier alpha value is -2.48. The minimum absolute atomic E-state index is 0.142. The molecule has 0 aliphatic carbocycles. The van der Waals surface area contributed by atoms with Crippen LogP contribution in [0.2, 0.25) is 5.15 Å². The first-order valence-corrected chi connectivity index (χ1v) is 5.03. The van der Waals surface area contributed by atoms with Crippen molar-refractivity contribution in [1.82, 2.24) is 20.2 Å². The van der Waals surface area contributed by atoms with Crippen molar-refractivity contribution >= 4 is 29.3 Å². The van der Waals surface area contributed by atoms with Crippen LogP contribution in [0.25, 0.3) is 0 Å². The van der Waals surface area contributed by atoms with Crippen LogP contribution in [0.1, 0.15) is 21.0 Å². The highest BCUT2D eigenvalue weighted by atomic mass is 35.5. The van der Waals surface area contributed by atoms with Gasteiger partial charge in [-0.1, -0.05) is 11.6 Å². The van der Waals surface area contributed by atoms with E-state index in [4.69, 9.17) is 16.7 Å². The Morgan fingerprint density at radius 3 is 2.72 bits per heavy atom. The third kappa shape index (κ3) is 2.43. The topological polar surface area (TPSA) is 121 Å². The molecule has 3 N–H and O–H groups in total. The fraction of sp³-hybridized carbons (Fsp3) is 0. The van der Waals surface area contributed by atoms with Gasteiger partial charge >= 0.3 is 5.97 Å². The molecule has 18 heavy (non-hydrogen) atoms. The van der Waals surface area contributed by atoms with Crippen molar-refractivity contribution in [3.63, 3.8) is 0 Å². The Kier molecular flexibility index (Phi) is 3.20. The highest BCUT2D eigenvalue weighted by Crippen LogP contribution is 2.09. The van der Waals surface area contributed by atoms with Gasteiger partial charge in [-0.25, -0.2) is 9.78 Å². The van der Waals surface area contributed by atoms with Crippen molar-refractivity contribution in [2.45, 2.75) is 0 Å². The lowest BCUT2D eigenvalue weighted by atomic mass is 10.3. The maximum Gasteiger partial charge on any atom is 0.354 e. The molecule has 92 valence electrons. The molecule has 0 atom stereocenters. The van der Waals surface area contributed by atoms with Crippen LogP contribution in [-0.2, 0) is 0 Å². The fourth-order valence-corrected chi connectivity index (χ4v) is 1.29. The van der Waals surface area contributed by atoms with Crippen LogP contribution < -0.4 is 5.32 Å². The number of carbonyl (C=O) groups is 2. The number of rotatable bonds is 3. The van der Waals surface area contributed by atoms with E-state index in [9.17, 15) is 9.59 Å². The molecular formula is C9H6ClN5O3. The summed E-state index contributed by atoms with van der Waals surface area (Å²) in [4.78, 5) is 28.5. The number of amides is 1. The molecule has 0 unspecified atom stereocenters. The Morgan fingerprint density at radius 2 is 2.11 bits per heavy atom. The van der Waals surface area contributed by atoms with E-state index in [1.165, 1.54) is 12.1 Å². The van der Waals surface area contributed by atoms with Gasteiger partial charge in [0.15, 0.2) is 22.4 Å². The van der Waals surface area contributed by atoms with E-state index in [1.807, 2.05) is 0 Å². The van der Waals surface area contributed by atoms with Crippen LogP contribution in [0, 0.1) is 0 Å². The van der Waals surface area contributed by atoms with Gasteiger partial charge < -0.3 is 15.4 Å². The minimum atomic E-state index is -1.28. The molecule has 0 spiro atoms. The highest BCUT2D eigenvalue weighted by molar-refractivity contribution is 6.29. The minimum Gasteiger partial charge on any atom is -0.477 e. The summed E-state index contributed by atoms with van der Waals surface area (Å²) in [5, 5.41) is 18.5. The summed E-state index contributed by atoms with van der Waals surface area (Å²) >= 11 is 5.53. The monoisotopic (exact) mass is 267 g/mol. The van der Waals surface area contributed by atoms with Crippen LogP contribution in [0.3, 0.4) is 0 Å². The molecule has 1 amide bonds. The fourth-order valence-electron chi connectivity index (χ4n) is 1.19. The van der Waals surface area contributed by atoms with Crippen molar-refractivity contribution in [2.24, 2.45) is 0 Å². The molecule has 0 bridgehead atoms. The Morgan fingerprint density at radius 1 is 1.33 bits per heavy atom. The molecule has 8 nitrogen and oxygen atoms in total. The maximum absolute atomic E-state index is 11.7. The number of carbonyl (C=O) groups excluding carboxylic acids is 1. The van der Waals surface area contributed by atoms with Gasteiger partial charge in [0.2, 0.25) is 0 Å². The van der Waals surface area contributed by atoms with Gasteiger partial charge in [-0.3, -0.25) is 4.79 Å². The zero-order valence-electron chi connectivity index (χ0n) is 8.72. The first-order chi connectivity index (χ1) is 8.58. The second kappa shape index (κ2) is 4.80. The predicted molar refractivity (Wildman–Crippen MR) is 60.5 cm³/mol. The lowest BCUT2D eigenvalue weighted by Crippen LogP contribution is -2.17. The normalized spacial score (nSPS) is 10.1. The SMILES string of the molecule is O=C(Nc1ccc(Cl)nn1)c1nc[nH]c1C(=O)O. The van der Waals surface area contributed by atoms with Crippen molar-refractivity contribution < 1.29 is 14.7 Å². The second-order valence-electron chi connectivity index (χ2n) is 3.13. The Labute approximate surface area is 105 Å². The summed E-state index contributed by atoms with van der Waals surface area (Å²) in [7, 11) is 0.